The second-order valence-electron chi connectivity index (χ2n) is 4.70. The van der Waals surface area contributed by atoms with Crippen LogP contribution in [0.4, 0.5) is 0 Å². The molecule has 1 saturated carbocycles. The zero-order valence-electron chi connectivity index (χ0n) is 8.62. The Morgan fingerprint density at radius 3 is 2.69 bits per heavy atom. The minimum Gasteiger partial charge on any atom is -0.481 e. The van der Waals surface area contributed by atoms with E-state index in [1.54, 1.807) is 0 Å². The molecular weight excluding hydrogens is 164 g/mol. The molecule has 2 heteroatoms. The zero-order chi connectivity index (χ0) is 9.84. The minimum atomic E-state index is -0.589. The van der Waals surface area contributed by atoms with Crippen molar-refractivity contribution in [3.05, 3.63) is 0 Å². The maximum Gasteiger partial charge on any atom is 0.306 e. The molecule has 2 atom stereocenters. The largest absolute Gasteiger partial charge is 0.481 e. The lowest BCUT2D eigenvalue weighted by Crippen LogP contribution is -2.23. The number of hydrogen-bond acceptors (Lipinski definition) is 1. The number of carbonyl (C=O) groups is 1. The first-order valence-electron chi connectivity index (χ1n) is 5.32. The second-order valence-corrected chi connectivity index (χ2v) is 4.70. The zero-order valence-corrected chi connectivity index (χ0v) is 8.62. The van der Waals surface area contributed by atoms with Gasteiger partial charge in [0.15, 0.2) is 0 Å². The third-order valence-electron chi connectivity index (χ3n) is 2.94. The summed E-state index contributed by atoms with van der Waals surface area (Å²) in [6.07, 6.45) is 5.34. The summed E-state index contributed by atoms with van der Waals surface area (Å²) in [7, 11) is 0. The van der Waals surface area contributed by atoms with E-state index in [4.69, 9.17) is 5.11 Å². The Bertz CT molecular complexity index is 175. The molecule has 1 aliphatic rings. The molecule has 0 aromatic heterocycles. The van der Waals surface area contributed by atoms with Crippen LogP contribution >= 0.6 is 0 Å². The fraction of sp³-hybridized carbons (Fsp3) is 0.909. The maximum atomic E-state index is 10.8. The first-order valence-corrected chi connectivity index (χ1v) is 5.32. The first-order chi connectivity index (χ1) is 6.09. The SMILES string of the molecule is CC(C)CC1CCCC(C(=O)O)C1. The molecule has 0 aliphatic heterocycles. The smallest absolute Gasteiger partial charge is 0.306 e. The van der Waals surface area contributed by atoms with E-state index in [2.05, 4.69) is 13.8 Å². The highest BCUT2D eigenvalue weighted by atomic mass is 16.4. The number of carboxylic acid groups (broad SMARTS) is 1. The van der Waals surface area contributed by atoms with Gasteiger partial charge in [-0.15, -0.1) is 0 Å². The molecule has 0 bridgehead atoms. The van der Waals surface area contributed by atoms with Gasteiger partial charge >= 0.3 is 5.97 Å². The standard InChI is InChI=1S/C11H20O2/c1-8(2)6-9-4-3-5-10(7-9)11(12)13/h8-10H,3-7H2,1-2H3,(H,12,13). The van der Waals surface area contributed by atoms with Crippen molar-refractivity contribution in [3.8, 4) is 0 Å². The van der Waals surface area contributed by atoms with Crippen LogP contribution in [-0.2, 0) is 4.79 Å². The average molecular weight is 184 g/mol. The van der Waals surface area contributed by atoms with E-state index >= 15 is 0 Å². The van der Waals surface area contributed by atoms with Gasteiger partial charge in [-0.1, -0.05) is 26.7 Å². The molecule has 2 unspecified atom stereocenters. The van der Waals surface area contributed by atoms with E-state index in [1.807, 2.05) is 0 Å². The molecule has 0 amide bonds. The van der Waals surface area contributed by atoms with Gasteiger partial charge in [0, 0.05) is 0 Å². The van der Waals surface area contributed by atoms with Crippen LogP contribution in [0.15, 0.2) is 0 Å². The molecule has 1 fully saturated rings. The Morgan fingerprint density at radius 2 is 2.15 bits per heavy atom. The predicted molar refractivity (Wildman–Crippen MR) is 52.5 cm³/mol. The molecule has 0 aromatic carbocycles. The van der Waals surface area contributed by atoms with Crippen molar-refractivity contribution in [1.29, 1.82) is 0 Å². The lowest BCUT2D eigenvalue weighted by Gasteiger charge is -2.27. The molecule has 0 saturated heterocycles. The highest BCUT2D eigenvalue weighted by Gasteiger charge is 2.26. The van der Waals surface area contributed by atoms with Gasteiger partial charge in [0.2, 0.25) is 0 Å². The Kier molecular flexibility index (Phi) is 3.76. The van der Waals surface area contributed by atoms with Crippen LogP contribution in [-0.4, -0.2) is 11.1 Å². The maximum absolute atomic E-state index is 10.8. The Morgan fingerprint density at radius 1 is 1.46 bits per heavy atom. The van der Waals surface area contributed by atoms with E-state index < -0.39 is 5.97 Å². The predicted octanol–water partition coefficient (Wildman–Crippen LogP) is 2.92. The van der Waals surface area contributed by atoms with Gasteiger partial charge in [-0.2, -0.15) is 0 Å². The summed E-state index contributed by atoms with van der Waals surface area (Å²) >= 11 is 0. The molecule has 0 radical (unpaired) electrons. The summed E-state index contributed by atoms with van der Waals surface area (Å²) in [5.74, 6) is 0.721. The van der Waals surface area contributed by atoms with Crippen LogP contribution in [0, 0.1) is 17.8 Å². The first kappa shape index (κ1) is 10.6. The van der Waals surface area contributed by atoms with Crippen LogP contribution in [0.1, 0.15) is 46.0 Å². The summed E-state index contributed by atoms with van der Waals surface area (Å²) in [6, 6.07) is 0. The van der Waals surface area contributed by atoms with Gasteiger partial charge in [-0.05, 0) is 31.1 Å². The van der Waals surface area contributed by atoms with Crippen molar-refractivity contribution >= 4 is 5.97 Å². The van der Waals surface area contributed by atoms with Crippen molar-refractivity contribution < 1.29 is 9.90 Å². The molecule has 1 aliphatic carbocycles. The van der Waals surface area contributed by atoms with Gasteiger partial charge in [0.1, 0.15) is 0 Å². The molecule has 1 N–H and O–H groups in total. The molecule has 13 heavy (non-hydrogen) atoms. The lowest BCUT2D eigenvalue weighted by atomic mass is 9.78. The van der Waals surface area contributed by atoms with Gasteiger partial charge < -0.3 is 5.11 Å². The highest BCUT2D eigenvalue weighted by Crippen LogP contribution is 2.32. The Hall–Kier alpha value is -0.530. The molecule has 0 spiro atoms. The van der Waals surface area contributed by atoms with Crippen LogP contribution < -0.4 is 0 Å². The van der Waals surface area contributed by atoms with E-state index in [1.165, 1.54) is 12.8 Å². The van der Waals surface area contributed by atoms with E-state index in [9.17, 15) is 4.79 Å². The van der Waals surface area contributed by atoms with Gasteiger partial charge in [0.25, 0.3) is 0 Å². The molecule has 0 aromatic rings. The quantitative estimate of drug-likeness (QED) is 0.732. The number of aliphatic carboxylic acids is 1. The van der Waals surface area contributed by atoms with Crippen molar-refractivity contribution in [1.82, 2.24) is 0 Å². The molecule has 1 rings (SSSR count). The van der Waals surface area contributed by atoms with Gasteiger partial charge in [-0.25, -0.2) is 0 Å². The van der Waals surface area contributed by atoms with Crippen molar-refractivity contribution in [2.24, 2.45) is 17.8 Å². The summed E-state index contributed by atoms with van der Waals surface area (Å²) in [6.45, 7) is 4.43. The highest BCUT2D eigenvalue weighted by molar-refractivity contribution is 5.70. The fourth-order valence-corrected chi connectivity index (χ4v) is 2.40. The minimum absolute atomic E-state index is 0.0579. The average Bonchev–Trinajstić information content (AvgIpc) is 2.03. The molecular formula is C11H20O2. The van der Waals surface area contributed by atoms with E-state index in [0.717, 1.165) is 19.3 Å². The van der Waals surface area contributed by atoms with Crippen LogP contribution in [0.25, 0.3) is 0 Å². The Balaban J connectivity index is 2.37. The Labute approximate surface area is 80.3 Å². The monoisotopic (exact) mass is 184 g/mol. The molecule has 2 nitrogen and oxygen atoms in total. The van der Waals surface area contributed by atoms with Crippen molar-refractivity contribution in [2.45, 2.75) is 46.0 Å². The van der Waals surface area contributed by atoms with E-state index in [-0.39, 0.29) is 5.92 Å². The lowest BCUT2D eigenvalue weighted by molar-refractivity contribution is -0.143. The summed E-state index contributed by atoms with van der Waals surface area (Å²) in [5.41, 5.74) is 0. The van der Waals surface area contributed by atoms with Gasteiger partial charge in [0.05, 0.1) is 5.92 Å². The summed E-state index contributed by atoms with van der Waals surface area (Å²) < 4.78 is 0. The van der Waals surface area contributed by atoms with Crippen molar-refractivity contribution in [3.63, 3.8) is 0 Å². The number of rotatable bonds is 3. The second kappa shape index (κ2) is 4.64. The molecule has 76 valence electrons. The van der Waals surface area contributed by atoms with Crippen LogP contribution in [0.2, 0.25) is 0 Å². The summed E-state index contributed by atoms with van der Waals surface area (Å²) in [4.78, 5) is 10.8. The third-order valence-corrected chi connectivity index (χ3v) is 2.94. The van der Waals surface area contributed by atoms with E-state index in [0.29, 0.717) is 11.8 Å². The normalized spacial score (nSPS) is 29.2. The third kappa shape index (κ3) is 3.37. The number of hydrogen-bond donors (Lipinski definition) is 1. The van der Waals surface area contributed by atoms with Gasteiger partial charge in [-0.3, -0.25) is 4.79 Å². The van der Waals surface area contributed by atoms with Crippen LogP contribution in [0.5, 0.6) is 0 Å². The summed E-state index contributed by atoms with van der Waals surface area (Å²) in [5, 5.41) is 8.89. The fourth-order valence-electron chi connectivity index (χ4n) is 2.40. The van der Waals surface area contributed by atoms with Crippen LogP contribution in [0.3, 0.4) is 0 Å². The van der Waals surface area contributed by atoms with Crippen molar-refractivity contribution in [2.75, 3.05) is 0 Å². The topological polar surface area (TPSA) is 37.3 Å². The molecule has 0 heterocycles. The number of carboxylic acids is 1.